The maximum Gasteiger partial charge on any atom is 0.0340 e. The molecule has 0 radical (unpaired) electrons. The molecule has 0 aliphatic heterocycles. The Hall–Kier alpha value is -0.540. The first kappa shape index (κ1) is 9.55. The molecule has 0 aliphatic rings. The first-order chi connectivity index (χ1) is 5.88. The SMILES string of the molecule is CNC(CCS)c1cccnc1. The second-order valence-electron chi connectivity index (χ2n) is 2.64. The fraction of sp³-hybridized carbons (Fsp3) is 0.444. The number of nitrogens with zero attached hydrogens (tertiary/aromatic N) is 1. The van der Waals surface area contributed by atoms with Crippen molar-refractivity contribution in [1.82, 2.24) is 10.3 Å². The van der Waals surface area contributed by atoms with Crippen LogP contribution in [0.25, 0.3) is 0 Å². The molecule has 12 heavy (non-hydrogen) atoms. The van der Waals surface area contributed by atoms with E-state index >= 15 is 0 Å². The van der Waals surface area contributed by atoms with E-state index in [1.165, 1.54) is 5.56 Å². The van der Waals surface area contributed by atoms with Crippen LogP contribution in [0.2, 0.25) is 0 Å². The van der Waals surface area contributed by atoms with Crippen LogP contribution in [0.5, 0.6) is 0 Å². The van der Waals surface area contributed by atoms with Crippen LogP contribution in [0, 0.1) is 0 Å². The van der Waals surface area contributed by atoms with Gasteiger partial charge in [0.2, 0.25) is 0 Å². The lowest BCUT2D eigenvalue weighted by Crippen LogP contribution is -2.16. The number of hydrogen-bond donors (Lipinski definition) is 2. The standard InChI is InChI=1S/C9H14N2S/c1-10-9(4-6-12)8-3-2-5-11-7-8/h2-3,5,7,9-10,12H,4,6H2,1H3. The highest BCUT2D eigenvalue weighted by Gasteiger charge is 2.06. The van der Waals surface area contributed by atoms with E-state index in [1.54, 1.807) is 6.20 Å². The van der Waals surface area contributed by atoms with Crippen molar-refractivity contribution in [2.24, 2.45) is 0 Å². The molecule has 0 saturated heterocycles. The highest BCUT2D eigenvalue weighted by molar-refractivity contribution is 7.80. The Morgan fingerprint density at radius 2 is 2.50 bits per heavy atom. The Labute approximate surface area is 78.8 Å². The molecule has 1 unspecified atom stereocenters. The molecule has 0 spiro atoms. The van der Waals surface area contributed by atoms with E-state index in [-0.39, 0.29) is 0 Å². The van der Waals surface area contributed by atoms with Gasteiger partial charge in [-0.2, -0.15) is 12.6 Å². The summed E-state index contributed by atoms with van der Waals surface area (Å²) in [6.07, 6.45) is 4.72. The van der Waals surface area contributed by atoms with Crippen LogP contribution in [0.4, 0.5) is 0 Å². The molecule has 0 saturated carbocycles. The molecule has 1 atom stereocenters. The van der Waals surface area contributed by atoms with Crippen LogP contribution in [-0.2, 0) is 0 Å². The van der Waals surface area contributed by atoms with Crippen molar-refractivity contribution in [2.45, 2.75) is 12.5 Å². The summed E-state index contributed by atoms with van der Waals surface area (Å²) >= 11 is 4.20. The Morgan fingerprint density at radius 3 is 3.00 bits per heavy atom. The molecule has 0 aromatic carbocycles. The van der Waals surface area contributed by atoms with Gasteiger partial charge < -0.3 is 5.32 Å². The average molecular weight is 182 g/mol. The summed E-state index contributed by atoms with van der Waals surface area (Å²) in [6.45, 7) is 0. The monoisotopic (exact) mass is 182 g/mol. The van der Waals surface area contributed by atoms with Gasteiger partial charge in [-0.05, 0) is 30.9 Å². The molecule has 1 aromatic heterocycles. The first-order valence-corrected chi connectivity index (χ1v) is 4.69. The van der Waals surface area contributed by atoms with E-state index < -0.39 is 0 Å². The summed E-state index contributed by atoms with van der Waals surface area (Å²) in [5, 5.41) is 3.23. The van der Waals surface area contributed by atoms with Crippen molar-refractivity contribution >= 4 is 12.6 Å². The van der Waals surface area contributed by atoms with Crippen LogP contribution in [0.1, 0.15) is 18.0 Å². The zero-order valence-corrected chi connectivity index (χ0v) is 8.09. The summed E-state index contributed by atoms with van der Waals surface area (Å²) in [5.74, 6) is 0.889. The zero-order chi connectivity index (χ0) is 8.81. The van der Waals surface area contributed by atoms with Crippen molar-refractivity contribution in [3.63, 3.8) is 0 Å². The molecule has 2 nitrogen and oxygen atoms in total. The van der Waals surface area contributed by atoms with Crippen molar-refractivity contribution in [1.29, 1.82) is 0 Å². The summed E-state index contributed by atoms with van der Waals surface area (Å²) in [4.78, 5) is 4.07. The maximum absolute atomic E-state index is 4.20. The number of pyridine rings is 1. The molecule has 1 aromatic rings. The van der Waals surface area contributed by atoms with Gasteiger partial charge in [-0.15, -0.1) is 0 Å². The van der Waals surface area contributed by atoms with Gasteiger partial charge in [-0.3, -0.25) is 4.98 Å². The van der Waals surface area contributed by atoms with Crippen molar-refractivity contribution in [2.75, 3.05) is 12.8 Å². The predicted molar refractivity (Wildman–Crippen MR) is 54.5 cm³/mol. The fourth-order valence-electron chi connectivity index (χ4n) is 1.19. The van der Waals surface area contributed by atoms with Crippen LogP contribution >= 0.6 is 12.6 Å². The number of nitrogens with one attached hydrogen (secondary N) is 1. The molecule has 1 rings (SSSR count). The molecule has 0 fully saturated rings. The Bertz CT molecular complexity index is 213. The summed E-state index contributed by atoms with van der Waals surface area (Å²) in [6, 6.07) is 4.42. The number of aromatic nitrogens is 1. The third-order valence-corrected chi connectivity index (χ3v) is 2.11. The lowest BCUT2D eigenvalue weighted by Gasteiger charge is -2.14. The van der Waals surface area contributed by atoms with E-state index in [4.69, 9.17) is 0 Å². The van der Waals surface area contributed by atoms with Gasteiger partial charge in [0.05, 0.1) is 0 Å². The summed E-state index contributed by atoms with van der Waals surface area (Å²) in [5.41, 5.74) is 1.23. The van der Waals surface area contributed by atoms with E-state index in [2.05, 4.69) is 29.0 Å². The Kier molecular flexibility index (Phi) is 4.11. The first-order valence-electron chi connectivity index (χ1n) is 4.06. The topological polar surface area (TPSA) is 24.9 Å². The third kappa shape index (κ3) is 2.50. The molecule has 3 heteroatoms. The number of hydrogen-bond acceptors (Lipinski definition) is 3. The van der Waals surface area contributed by atoms with E-state index in [0.717, 1.165) is 12.2 Å². The predicted octanol–water partition coefficient (Wildman–Crippen LogP) is 1.66. The molecule has 0 amide bonds. The summed E-state index contributed by atoms with van der Waals surface area (Å²) < 4.78 is 0. The van der Waals surface area contributed by atoms with E-state index in [0.29, 0.717) is 6.04 Å². The number of thiol groups is 1. The zero-order valence-electron chi connectivity index (χ0n) is 7.20. The van der Waals surface area contributed by atoms with Crippen LogP contribution in [0.15, 0.2) is 24.5 Å². The maximum atomic E-state index is 4.20. The second kappa shape index (κ2) is 5.17. The van der Waals surface area contributed by atoms with Gasteiger partial charge in [0.15, 0.2) is 0 Å². The number of rotatable bonds is 4. The molecule has 1 heterocycles. The van der Waals surface area contributed by atoms with Crippen molar-refractivity contribution in [3.05, 3.63) is 30.1 Å². The van der Waals surface area contributed by atoms with Gasteiger partial charge in [0, 0.05) is 18.4 Å². The Morgan fingerprint density at radius 1 is 1.67 bits per heavy atom. The minimum Gasteiger partial charge on any atom is -0.313 e. The molecular formula is C9H14N2S. The lowest BCUT2D eigenvalue weighted by molar-refractivity contribution is 0.580. The van der Waals surface area contributed by atoms with Crippen LogP contribution in [0.3, 0.4) is 0 Å². The van der Waals surface area contributed by atoms with Gasteiger partial charge in [-0.1, -0.05) is 6.07 Å². The second-order valence-corrected chi connectivity index (χ2v) is 3.09. The van der Waals surface area contributed by atoms with Crippen LogP contribution in [-0.4, -0.2) is 17.8 Å². The van der Waals surface area contributed by atoms with Gasteiger partial charge >= 0.3 is 0 Å². The lowest BCUT2D eigenvalue weighted by atomic mass is 10.1. The van der Waals surface area contributed by atoms with Gasteiger partial charge in [0.25, 0.3) is 0 Å². The molecular weight excluding hydrogens is 168 g/mol. The third-order valence-electron chi connectivity index (χ3n) is 1.85. The highest BCUT2D eigenvalue weighted by Crippen LogP contribution is 2.14. The normalized spacial score (nSPS) is 12.8. The Balaban J connectivity index is 2.66. The van der Waals surface area contributed by atoms with Crippen molar-refractivity contribution < 1.29 is 0 Å². The smallest absolute Gasteiger partial charge is 0.0340 e. The molecule has 0 aliphatic carbocycles. The quantitative estimate of drug-likeness (QED) is 0.692. The van der Waals surface area contributed by atoms with Crippen LogP contribution < -0.4 is 5.32 Å². The fourth-order valence-corrected chi connectivity index (χ4v) is 1.45. The highest BCUT2D eigenvalue weighted by atomic mass is 32.1. The molecule has 0 bridgehead atoms. The largest absolute Gasteiger partial charge is 0.313 e. The minimum atomic E-state index is 0.385. The minimum absolute atomic E-state index is 0.385. The molecule has 1 N–H and O–H groups in total. The van der Waals surface area contributed by atoms with Gasteiger partial charge in [-0.25, -0.2) is 0 Å². The average Bonchev–Trinajstić information content (AvgIpc) is 2.15. The van der Waals surface area contributed by atoms with E-state index in [9.17, 15) is 0 Å². The molecule has 66 valence electrons. The van der Waals surface area contributed by atoms with E-state index in [1.807, 2.05) is 19.3 Å². The van der Waals surface area contributed by atoms with Crippen molar-refractivity contribution in [3.8, 4) is 0 Å². The summed E-state index contributed by atoms with van der Waals surface area (Å²) in [7, 11) is 1.96. The van der Waals surface area contributed by atoms with Gasteiger partial charge in [0.1, 0.15) is 0 Å².